The second kappa shape index (κ2) is 6.92. The molecule has 1 aliphatic heterocycles. The quantitative estimate of drug-likeness (QED) is 0.899. The normalized spacial score (nSPS) is 20.9. The molecule has 0 bridgehead atoms. The summed E-state index contributed by atoms with van der Waals surface area (Å²) in [5.74, 6) is 0.389. The number of piperidine rings is 1. The van der Waals surface area contributed by atoms with Crippen LogP contribution in [0.5, 0.6) is 0 Å². The molecule has 0 radical (unpaired) electrons. The lowest BCUT2D eigenvalue weighted by atomic mass is 9.96. The van der Waals surface area contributed by atoms with E-state index in [1.807, 2.05) is 6.92 Å². The molecule has 2 rings (SSSR count). The van der Waals surface area contributed by atoms with E-state index in [9.17, 15) is 4.79 Å². The van der Waals surface area contributed by atoms with Crippen LogP contribution in [-0.4, -0.2) is 28.4 Å². The van der Waals surface area contributed by atoms with Gasteiger partial charge in [-0.3, -0.25) is 4.79 Å². The van der Waals surface area contributed by atoms with E-state index in [0.29, 0.717) is 16.9 Å². The van der Waals surface area contributed by atoms with Gasteiger partial charge in [-0.1, -0.05) is 13.8 Å². The summed E-state index contributed by atoms with van der Waals surface area (Å²) in [6.07, 6.45) is 5.19. The molecule has 2 unspecified atom stereocenters. The second-order valence-corrected chi connectivity index (χ2v) is 7.13. The predicted molar refractivity (Wildman–Crippen MR) is 89.7 cm³/mol. The molecule has 0 aliphatic carbocycles. The molecule has 5 nitrogen and oxygen atoms in total. The van der Waals surface area contributed by atoms with Crippen molar-refractivity contribution in [1.29, 1.82) is 0 Å². The molecule has 0 amide bonds. The van der Waals surface area contributed by atoms with E-state index in [1.165, 1.54) is 11.1 Å². The standard InChI is InChI=1S/C15H25BrN4O/c1-10(2)9-20-15(21)14(16)13(8-18-20)19-7-5-4-6-12(19)11(3)17/h8,10-12H,4-7,9,17H2,1-3H3. The molecule has 2 N–H and O–H groups in total. The number of nitrogens with two attached hydrogens (primary N) is 1. The van der Waals surface area contributed by atoms with Crippen LogP contribution < -0.4 is 16.2 Å². The Morgan fingerprint density at radius 2 is 2.14 bits per heavy atom. The van der Waals surface area contributed by atoms with Crippen molar-refractivity contribution in [2.24, 2.45) is 11.7 Å². The van der Waals surface area contributed by atoms with Gasteiger partial charge in [0.2, 0.25) is 0 Å². The van der Waals surface area contributed by atoms with Gasteiger partial charge in [0.1, 0.15) is 4.47 Å². The first-order valence-corrected chi connectivity index (χ1v) is 8.49. The highest BCUT2D eigenvalue weighted by Gasteiger charge is 2.28. The van der Waals surface area contributed by atoms with Crippen molar-refractivity contribution in [3.63, 3.8) is 0 Å². The zero-order chi connectivity index (χ0) is 15.6. The molecule has 2 atom stereocenters. The number of halogens is 1. The van der Waals surface area contributed by atoms with Crippen molar-refractivity contribution >= 4 is 21.6 Å². The predicted octanol–water partition coefficient (Wildman–Crippen LogP) is 2.37. The van der Waals surface area contributed by atoms with E-state index in [2.05, 4.69) is 39.8 Å². The Bertz CT molecular complexity index is 541. The second-order valence-electron chi connectivity index (χ2n) is 6.34. The molecule has 6 heteroatoms. The van der Waals surface area contributed by atoms with Crippen molar-refractivity contribution in [1.82, 2.24) is 9.78 Å². The number of anilines is 1. The van der Waals surface area contributed by atoms with Gasteiger partial charge in [-0.25, -0.2) is 4.68 Å². The molecule has 1 aromatic heterocycles. The lowest BCUT2D eigenvalue weighted by molar-refractivity contribution is 0.410. The Labute approximate surface area is 134 Å². The molecule has 1 aromatic rings. The van der Waals surface area contributed by atoms with Crippen LogP contribution in [0.4, 0.5) is 5.69 Å². The van der Waals surface area contributed by atoms with Gasteiger partial charge >= 0.3 is 0 Å². The summed E-state index contributed by atoms with van der Waals surface area (Å²) < 4.78 is 2.13. The van der Waals surface area contributed by atoms with E-state index in [-0.39, 0.29) is 17.6 Å². The summed E-state index contributed by atoms with van der Waals surface area (Å²) in [4.78, 5) is 14.7. The summed E-state index contributed by atoms with van der Waals surface area (Å²) in [6, 6.07) is 0.354. The molecule has 1 aliphatic rings. The minimum atomic E-state index is -0.0600. The maximum atomic E-state index is 12.4. The van der Waals surface area contributed by atoms with Gasteiger partial charge < -0.3 is 10.6 Å². The zero-order valence-corrected chi connectivity index (χ0v) is 14.6. The molecule has 0 saturated carbocycles. The average Bonchev–Trinajstić information content (AvgIpc) is 2.44. The minimum absolute atomic E-state index is 0.0600. The lowest BCUT2D eigenvalue weighted by Crippen LogP contribution is -2.50. The minimum Gasteiger partial charge on any atom is -0.365 e. The molecule has 1 fully saturated rings. The summed E-state index contributed by atoms with van der Waals surface area (Å²) in [7, 11) is 0. The van der Waals surface area contributed by atoms with Crippen LogP contribution in [0.2, 0.25) is 0 Å². The van der Waals surface area contributed by atoms with Crippen molar-refractivity contribution in [3.05, 3.63) is 21.0 Å². The SMILES string of the molecule is CC(C)Cn1ncc(N2CCCCC2C(C)N)c(Br)c1=O. The molecule has 21 heavy (non-hydrogen) atoms. The highest BCUT2D eigenvalue weighted by Crippen LogP contribution is 2.29. The zero-order valence-electron chi connectivity index (χ0n) is 13.1. The van der Waals surface area contributed by atoms with E-state index < -0.39 is 0 Å². The Kier molecular flexibility index (Phi) is 5.43. The molecule has 1 saturated heterocycles. The van der Waals surface area contributed by atoms with Gasteiger partial charge in [-0.05, 0) is 48.0 Å². The number of hydrogen-bond acceptors (Lipinski definition) is 4. The van der Waals surface area contributed by atoms with Crippen molar-refractivity contribution in [2.45, 2.75) is 58.7 Å². The Morgan fingerprint density at radius 3 is 2.76 bits per heavy atom. The number of rotatable bonds is 4. The maximum absolute atomic E-state index is 12.4. The number of aromatic nitrogens is 2. The number of nitrogens with zero attached hydrogens (tertiary/aromatic N) is 3. The highest BCUT2D eigenvalue weighted by atomic mass is 79.9. The molecule has 0 spiro atoms. The monoisotopic (exact) mass is 356 g/mol. The fourth-order valence-corrected chi connectivity index (χ4v) is 3.47. The van der Waals surface area contributed by atoms with E-state index in [1.54, 1.807) is 6.20 Å². The molecule has 2 heterocycles. The van der Waals surface area contributed by atoms with E-state index in [0.717, 1.165) is 25.1 Å². The van der Waals surface area contributed by atoms with Gasteiger partial charge in [-0.2, -0.15) is 5.10 Å². The number of hydrogen-bond donors (Lipinski definition) is 1. The van der Waals surface area contributed by atoms with Crippen LogP contribution >= 0.6 is 15.9 Å². The Morgan fingerprint density at radius 1 is 1.43 bits per heavy atom. The summed E-state index contributed by atoms with van der Waals surface area (Å²) in [5, 5.41) is 4.34. The summed E-state index contributed by atoms with van der Waals surface area (Å²) >= 11 is 3.48. The largest absolute Gasteiger partial charge is 0.365 e. The Hall–Kier alpha value is -0.880. The third-order valence-corrected chi connectivity index (χ3v) is 4.72. The van der Waals surface area contributed by atoms with Crippen LogP contribution in [0, 0.1) is 5.92 Å². The van der Waals surface area contributed by atoms with Crippen LogP contribution in [0.15, 0.2) is 15.5 Å². The van der Waals surface area contributed by atoms with Gasteiger partial charge in [-0.15, -0.1) is 0 Å². The van der Waals surface area contributed by atoms with Gasteiger partial charge in [0, 0.05) is 25.2 Å². The topological polar surface area (TPSA) is 64.2 Å². The molecule has 0 aromatic carbocycles. The van der Waals surface area contributed by atoms with Crippen LogP contribution in [0.1, 0.15) is 40.0 Å². The van der Waals surface area contributed by atoms with Crippen molar-refractivity contribution in [2.75, 3.05) is 11.4 Å². The average molecular weight is 357 g/mol. The Balaban J connectivity index is 2.35. The van der Waals surface area contributed by atoms with Gasteiger partial charge in [0.05, 0.1) is 11.9 Å². The van der Waals surface area contributed by atoms with Crippen molar-refractivity contribution < 1.29 is 0 Å². The third-order valence-electron chi connectivity index (χ3n) is 3.97. The third kappa shape index (κ3) is 3.66. The van der Waals surface area contributed by atoms with E-state index >= 15 is 0 Å². The fraction of sp³-hybridized carbons (Fsp3) is 0.733. The lowest BCUT2D eigenvalue weighted by Gasteiger charge is -2.39. The first-order valence-electron chi connectivity index (χ1n) is 7.69. The molecule has 118 valence electrons. The van der Waals surface area contributed by atoms with Crippen molar-refractivity contribution in [3.8, 4) is 0 Å². The van der Waals surface area contributed by atoms with Gasteiger partial charge in [0.15, 0.2) is 0 Å². The summed E-state index contributed by atoms with van der Waals surface area (Å²) in [6.45, 7) is 7.75. The molecular formula is C15H25BrN4O. The van der Waals surface area contributed by atoms with Gasteiger partial charge in [0.25, 0.3) is 5.56 Å². The summed E-state index contributed by atoms with van der Waals surface area (Å²) in [5.41, 5.74) is 6.93. The van der Waals surface area contributed by atoms with Crippen LogP contribution in [0.3, 0.4) is 0 Å². The maximum Gasteiger partial charge on any atom is 0.283 e. The fourth-order valence-electron chi connectivity index (χ4n) is 2.94. The molecular weight excluding hydrogens is 332 g/mol. The van der Waals surface area contributed by atoms with E-state index in [4.69, 9.17) is 5.73 Å². The smallest absolute Gasteiger partial charge is 0.283 e. The van der Waals surface area contributed by atoms with Crippen LogP contribution in [0.25, 0.3) is 0 Å². The van der Waals surface area contributed by atoms with Crippen LogP contribution in [-0.2, 0) is 6.54 Å². The highest BCUT2D eigenvalue weighted by molar-refractivity contribution is 9.10. The first kappa shape index (κ1) is 16.5. The first-order chi connectivity index (χ1) is 9.91.